The van der Waals surface area contributed by atoms with E-state index in [0.717, 1.165) is 10.1 Å². The fourth-order valence-electron chi connectivity index (χ4n) is 2.69. The van der Waals surface area contributed by atoms with Crippen molar-refractivity contribution in [3.05, 3.63) is 49.2 Å². The first kappa shape index (κ1) is 15.4. The summed E-state index contributed by atoms with van der Waals surface area (Å²) in [5.41, 5.74) is 1.62. The van der Waals surface area contributed by atoms with Gasteiger partial charge < -0.3 is 9.97 Å². The number of rotatable bonds is 4. The lowest BCUT2D eigenvalue weighted by Gasteiger charge is -2.19. The number of nitrogens with one attached hydrogen (secondary N) is 2. The van der Waals surface area contributed by atoms with E-state index >= 15 is 0 Å². The van der Waals surface area contributed by atoms with Gasteiger partial charge in [-0.15, -0.1) is 0 Å². The summed E-state index contributed by atoms with van der Waals surface area (Å²) in [5.74, 6) is 0.245. The lowest BCUT2D eigenvalue weighted by molar-refractivity contribution is -0.170. The third-order valence-electron chi connectivity index (χ3n) is 3.87. The predicted octanol–water partition coefficient (Wildman–Crippen LogP) is 2.89. The number of alkyl halides is 3. The van der Waals surface area contributed by atoms with E-state index in [1.54, 1.807) is 12.3 Å². The van der Waals surface area contributed by atoms with Gasteiger partial charge in [-0.2, -0.15) is 18.3 Å². The van der Waals surface area contributed by atoms with E-state index in [4.69, 9.17) is 0 Å². The van der Waals surface area contributed by atoms with Crippen LogP contribution in [0, 0.1) is 0 Å². The largest absolute Gasteiger partial charge is 0.411 e. The molecule has 0 aliphatic rings. The second kappa shape index (κ2) is 5.72. The van der Waals surface area contributed by atoms with E-state index in [1.165, 1.54) is 31.1 Å². The van der Waals surface area contributed by atoms with Crippen molar-refractivity contribution >= 4 is 11.0 Å². The molecule has 1 atom stereocenters. The van der Waals surface area contributed by atoms with Gasteiger partial charge in [0.1, 0.15) is 17.8 Å². The molecule has 4 aromatic rings. The molecule has 0 aromatic carbocycles. The minimum Gasteiger partial charge on any atom is -0.349 e. The van der Waals surface area contributed by atoms with Gasteiger partial charge in [-0.1, -0.05) is 0 Å². The number of aromatic amines is 2. The molecule has 128 valence electrons. The summed E-state index contributed by atoms with van der Waals surface area (Å²) in [7, 11) is 0. The predicted molar refractivity (Wildman–Crippen MR) is 82.5 cm³/mol. The van der Waals surface area contributed by atoms with Crippen molar-refractivity contribution in [3.63, 3.8) is 0 Å². The number of nitrogens with zero attached hydrogens (tertiary/aromatic N) is 5. The Bertz CT molecular complexity index is 984. The van der Waals surface area contributed by atoms with Crippen molar-refractivity contribution in [1.29, 1.82) is 0 Å². The van der Waals surface area contributed by atoms with Gasteiger partial charge >= 0.3 is 6.18 Å². The molecule has 0 saturated heterocycles. The second-order valence-electron chi connectivity index (χ2n) is 5.47. The van der Waals surface area contributed by atoms with Crippen LogP contribution >= 0.6 is 0 Å². The second-order valence-corrected chi connectivity index (χ2v) is 5.47. The Hall–Kier alpha value is -3.17. The third-order valence-corrected chi connectivity index (χ3v) is 3.87. The highest BCUT2D eigenvalue weighted by atomic mass is 19.4. The molecule has 4 rings (SSSR count). The molecule has 4 aromatic heterocycles. The maximum Gasteiger partial charge on any atom is 0.411 e. The molecule has 0 bridgehead atoms. The number of halogens is 3. The molecule has 0 saturated carbocycles. The van der Waals surface area contributed by atoms with Gasteiger partial charge in [-0.25, -0.2) is 15.0 Å². The Balaban J connectivity index is 1.72. The standard InChI is InChI=1S/C15H12F3N7/c16-15(17,18)11(5-12-19-3-4-20-12)25-7-9(6-24-25)13-10-1-2-21-14(10)23-8-22-13/h1-4,6-8,11H,5H2,(H,19,20)(H,21,22,23). The van der Waals surface area contributed by atoms with E-state index in [-0.39, 0.29) is 12.2 Å². The molecule has 1 unspecified atom stereocenters. The zero-order valence-corrected chi connectivity index (χ0v) is 12.7. The Morgan fingerprint density at radius 1 is 1.12 bits per heavy atom. The fourth-order valence-corrected chi connectivity index (χ4v) is 2.69. The summed E-state index contributed by atoms with van der Waals surface area (Å²) in [4.78, 5) is 17.8. The van der Waals surface area contributed by atoms with Gasteiger partial charge in [-0.3, -0.25) is 4.68 Å². The molecule has 7 nitrogen and oxygen atoms in total. The van der Waals surface area contributed by atoms with Gasteiger partial charge in [0, 0.05) is 42.2 Å². The van der Waals surface area contributed by atoms with Crippen LogP contribution in [-0.2, 0) is 6.42 Å². The van der Waals surface area contributed by atoms with E-state index in [2.05, 4.69) is 30.0 Å². The van der Waals surface area contributed by atoms with Gasteiger partial charge in [0.25, 0.3) is 0 Å². The SMILES string of the molecule is FC(F)(F)C(Cc1ncc[nH]1)n1cc(-c2ncnc3[nH]ccc23)cn1. The van der Waals surface area contributed by atoms with Crippen molar-refractivity contribution < 1.29 is 13.2 Å². The average Bonchev–Trinajstić information content (AvgIpc) is 3.31. The molecule has 0 aliphatic carbocycles. The fraction of sp³-hybridized carbons (Fsp3) is 0.200. The van der Waals surface area contributed by atoms with Crippen LogP contribution in [0.15, 0.2) is 43.4 Å². The van der Waals surface area contributed by atoms with Crippen LogP contribution < -0.4 is 0 Å². The minimum atomic E-state index is -4.47. The third kappa shape index (κ3) is 2.86. The Kier molecular flexibility index (Phi) is 3.52. The van der Waals surface area contributed by atoms with E-state index < -0.39 is 12.2 Å². The summed E-state index contributed by atoms with van der Waals surface area (Å²) >= 11 is 0. The molecule has 25 heavy (non-hydrogen) atoms. The molecule has 0 aliphatic heterocycles. The number of hydrogen-bond acceptors (Lipinski definition) is 4. The topological polar surface area (TPSA) is 88.1 Å². The van der Waals surface area contributed by atoms with Crippen LogP contribution in [0.2, 0.25) is 0 Å². The molecule has 0 amide bonds. The highest BCUT2D eigenvalue weighted by Crippen LogP contribution is 2.34. The van der Waals surface area contributed by atoms with Crippen LogP contribution in [0.5, 0.6) is 0 Å². The minimum absolute atomic E-state index is 0.245. The van der Waals surface area contributed by atoms with E-state index in [9.17, 15) is 13.2 Å². The zero-order valence-electron chi connectivity index (χ0n) is 12.7. The maximum atomic E-state index is 13.5. The van der Waals surface area contributed by atoms with Gasteiger partial charge in [0.2, 0.25) is 0 Å². The smallest absolute Gasteiger partial charge is 0.349 e. The van der Waals surface area contributed by atoms with Gasteiger partial charge in [-0.05, 0) is 6.07 Å². The molecule has 0 spiro atoms. The van der Waals surface area contributed by atoms with Crippen LogP contribution in [-0.4, -0.2) is 40.9 Å². The quantitative estimate of drug-likeness (QED) is 0.594. The molecule has 0 radical (unpaired) electrons. The summed E-state index contributed by atoms with van der Waals surface area (Å²) in [5, 5.41) is 4.63. The normalized spacial score (nSPS) is 13.4. The maximum absolute atomic E-state index is 13.5. The highest BCUT2D eigenvalue weighted by molar-refractivity contribution is 5.89. The van der Waals surface area contributed by atoms with E-state index in [0.29, 0.717) is 16.9 Å². The number of imidazole rings is 1. The monoisotopic (exact) mass is 347 g/mol. The molecule has 10 heteroatoms. The molecule has 2 N–H and O–H groups in total. The lowest BCUT2D eigenvalue weighted by atomic mass is 10.1. The summed E-state index contributed by atoms with van der Waals surface area (Å²) in [6, 6.07) is -0.0533. The Labute approximate surface area is 139 Å². The summed E-state index contributed by atoms with van der Waals surface area (Å²) in [6.45, 7) is 0. The summed E-state index contributed by atoms with van der Waals surface area (Å²) < 4.78 is 41.3. The number of H-pyrrole nitrogens is 2. The first-order valence-electron chi connectivity index (χ1n) is 7.40. The average molecular weight is 347 g/mol. The van der Waals surface area contributed by atoms with Crippen molar-refractivity contribution in [2.24, 2.45) is 0 Å². The van der Waals surface area contributed by atoms with Crippen LogP contribution in [0.25, 0.3) is 22.3 Å². The molecule has 4 heterocycles. The number of hydrogen-bond donors (Lipinski definition) is 2. The van der Waals surface area contributed by atoms with Crippen molar-refractivity contribution in [2.75, 3.05) is 0 Å². The van der Waals surface area contributed by atoms with Crippen molar-refractivity contribution in [3.8, 4) is 11.3 Å². The van der Waals surface area contributed by atoms with E-state index in [1.807, 2.05) is 0 Å². The molecule has 0 fully saturated rings. The van der Waals surface area contributed by atoms with Crippen molar-refractivity contribution in [2.45, 2.75) is 18.6 Å². The van der Waals surface area contributed by atoms with Crippen molar-refractivity contribution in [1.82, 2.24) is 34.7 Å². The first-order chi connectivity index (χ1) is 12.0. The van der Waals surface area contributed by atoms with Crippen LogP contribution in [0.3, 0.4) is 0 Å². The highest BCUT2D eigenvalue weighted by Gasteiger charge is 2.42. The van der Waals surface area contributed by atoms with Gasteiger partial charge in [0.15, 0.2) is 6.04 Å². The Morgan fingerprint density at radius 3 is 2.76 bits per heavy atom. The van der Waals surface area contributed by atoms with Gasteiger partial charge in [0.05, 0.1) is 11.9 Å². The zero-order chi connectivity index (χ0) is 17.4. The number of aromatic nitrogens is 7. The summed E-state index contributed by atoms with van der Waals surface area (Å²) in [6.07, 6.45) is 3.87. The molecular formula is C15H12F3N7. The number of fused-ring (bicyclic) bond motifs is 1. The van der Waals surface area contributed by atoms with Crippen LogP contribution in [0.4, 0.5) is 13.2 Å². The lowest BCUT2D eigenvalue weighted by Crippen LogP contribution is -2.29. The Morgan fingerprint density at radius 2 is 2.00 bits per heavy atom. The van der Waals surface area contributed by atoms with Crippen LogP contribution in [0.1, 0.15) is 11.9 Å². The molecular weight excluding hydrogens is 335 g/mol. The first-order valence-corrected chi connectivity index (χ1v) is 7.40.